The van der Waals surface area contributed by atoms with Crippen molar-refractivity contribution >= 4 is 45.2 Å². The fourth-order valence-electron chi connectivity index (χ4n) is 3.28. The van der Waals surface area contributed by atoms with Gasteiger partial charge in [-0.3, -0.25) is 0 Å². The van der Waals surface area contributed by atoms with Crippen LogP contribution in [0.4, 0.5) is 22.2 Å². The molecule has 3 heterocycles. The first-order chi connectivity index (χ1) is 13.5. The van der Waals surface area contributed by atoms with E-state index in [1.165, 1.54) is 11.3 Å². The predicted octanol–water partition coefficient (Wildman–Crippen LogP) is 1.69. The molecule has 0 aliphatic carbocycles. The second-order valence-corrected chi connectivity index (χ2v) is 7.52. The molecule has 1 unspecified atom stereocenters. The minimum absolute atomic E-state index is 0.121. The number of carbonyl (C=O) groups is 1. The molecule has 146 valence electrons. The number of urea groups is 1. The minimum atomic E-state index is -0.309. The molecule has 1 atom stereocenters. The first-order valence-electron chi connectivity index (χ1n) is 8.92. The summed E-state index contributed by atoms with van der Waals surface area (Å²) in [6, 6.07) is 7.14. The maximum atomic E-state index is 12.6. The van der Waals surface area contributed by atoms with Crippen LogP contribution in [0.15, 0.2) is 29.8 Å². The highest BCUT2D eigenvalue weighted by Crippen LogP contribution is 2.28. The Hall–Kier alpha value is -2.98. The van der Waals surface area contributed by atoms with Gasteiger partial charge in [-0.2, -0.15) is 4.98 Å². The highest BCUT2D eigenvalue weighted by molar-refractivity contribution is 7.16. The third-order valence-corrected chi connectivity index (χ3v) is 5.47. The molecule has 1 aromatic carbocycles. The number of benzene rings is 1. The summed E-state index contributed by atoms with van der Waals surface area (Å²) in [6.07, 6.45) is 0. The molecule has 9 nitrogen and oxygen atoms in total. The van der Waals surface area contributed by atoms with Gasteiger partial charge >= 0.3 is 6.03 Å². The number of thiazole rings is 1. The zero-order chi connectivity index (χ0) is 19.7. The molecule has 2 aromatic heterocycles. The standard InChI is InChI=1S/C18H21N7O2S/c1-11-2-4-12(5-3-11)21-18(27)24-6-7-25(13(8-24)9-26)15-14-16(28-10-20-14)23-17(19)22-15/h2-5,10,13,26H,6-9H2,1H3,(H,21,27)(H2,19,22,23). The van der Waals surface area contributed by atoms with Crippen LogP contribution in [-0.4, -0.2) is 63.3 Å². The number of aliphatic hydroxyl groups is 1. The number of aryl methyl sites for hydroxylation is 1. The van der Waals surface area contributed by atoms with Gasteiger partial charge in [0.25, 0.3) is 0 Å². The number of hydrogen-bond acceptors (Lipinski definition) is 8. The first-order valence-corrected chi connectivity index (χ1v) is 9.80. The molecule has 0 spiro atoms. The number of anilines is 3. The van der Waals surface area contributed by atoms with Crippen LogP contribution in [0.2, 0.25) is 0 Å². The van der Waals surface area contributed by atoms with Crippen LogP contribution in [0.5, 0.6) is 0 Å². The number of aromatic nitrogens is 3. The third-order valence-electron chi connectivity index (χ3n) is 4.75. The minimum Gasteiger partial charge on any atom is -0.394 e. The number of nitrogens with two attached hydrogens (primary N) is 1. The number of carbonyl (C=O) groups excluding carboxylic acids is 1. The van der Waals surface area contributed by atoms with Gasteiger partial charge in [-0.1, -0.05) is 17.7 Å². The summed E-state index contributed by atoms with van der Waals surface area (Å²) in [5, 5.41) is 12.8. The maximum absolute atomic E-state index is 12.6. The topological polar surface area (TPSA) is 121 Å². The summed E-state index contributed by atoms with van der Waals surface area (Å²) in [5.41, 5.74) is 10.1. The lowest BCUT2D eigenvalue weighted by molar-refractivity contribution is 0.174. The molecule has 4 rings (SSSR count). The first kappa shape index (κ1) is 18.4. The number of hydrogen-bond donors (Lipinski definition) is 3. The van der Waals surface area contributed by atoms with Crippen molar-refractivity contribution in [3.05, 3.63) is 35.3 Å². The SMILES string of the molecule is Cc1ccc(NC(=O)N2CCN(c3nc(N)nc4scnc34)C(CO)C2)cc1. The molecule has 2 amide bonds. The Kier molecular flexibility index (Phi) is 4.97. The van der Waals surface area contributed by atoms with Crippen LogP contribution in [0.3, 0.4) is 0 Å². The molecule has 1 fully saturated rings. The van der Waals surface area contributed by atoms with Gasteiger partial charge < -0.3 is 26.0 Å². The zero-order valence-corrected chi connectivity index (χ0v) is 16.2. The number of aliphatic hydroxyl groups excluding tert-OH is 1. The van der Waals surface area contributed by atoms with Crippen molar-refractivity contribution in [1.82, 2.24) is 19.9 Å². The number of nitrogen functional groups attached to an aromatic ring is 1. The number of nitrogens with one attached hydrogen (secondary N) is 1. The van der Waals surface area contributed by atoms with Crippen LogP contribution in [0.25, 0.3) is 10.3 Å². The van der Waals surface area contributed by atoms with Gasteiger partial charge in [0.2, 0.25) is 5.95 Å². The maximum Gasteiger partial charge on any atom is 0.321 e. The summed E-state index contributed by atoms with van der Waals surface area (Å²) in [4.78, 5) is 29.9. The van der Waals surface area contributed by atoms with Crippen LogP contribution >= 0.6 is 11.3 Å². The van der Waals surface area contributed by atoms with E-state index in [4.69, 9.17) is 5.73 Å². The fraction of sp³-hybridized carbons (Fsp3) is 0.333. The number of piperazine rings is 1. The Balaban J connectivity index is 1.51. The van der Waals surface area contributed by atoms with E-state index in [2.05, 4.69) is 20.3 Å². The van der Waals surface area contributed by atoms with Crippen LogP contribution in [-0.2, 0) is 0 Å². The molecule has 28 heavy (non-hydrogen) atoms. The highest BCUT2D eigenvalue weighted by Gasteiger charge is 2.31. The largest absolute Gasteiger partial charge is 0.394 e. The Morgan fingerprint density at radius 1 is 1.32 bits per heavy atom. The average molecular weight is 399 g/mol. The fourth-order valence-corrected chi connectivity index (χ4v) is 3.94. The van der Waals surface area contributed by atoms with E-state index < -0.39 is 0 Å². The quantitative estimate of drug-likeness (QED) is 0.613. The van der Waals surface area contributed by atoms with E-state index >= 15 is 0 Å². The summed E-state index contributed by atoms with van der Waals surface area (Å²) in [7, 11) is 0. The van der Waals surface area contributed by atoms with Gasteiger partial charge in [0.1, 0.15) is 5.52 Å². The number of nitrogens with zero attached hydrogens (tertiary/aromatic N) is 5. The summed E-state index contributed by atoms with van der Waals surface area (Å²) in [5.74, 6) is 0.768. The normalized spacial score (nSPS) is 17.1. The van der Waals surface area contributed by atoms with E-state index in [9.17, 15) is 9.90 Å². The van der Waals surface area contributed by atoms with Crippen molar-refractivity contribution in [3.63, 3.8) is 0 Å². The van der Waals surface area contributed by atoms with Crippen LogP contribution in [0, 0.1) is 6.92 Å². The van der Waals surface area contributed by atoms with Crippen molar-refractivity contribution in [2.75, 3.05) is 42.2 Å². The van der Waals surface area contributed by atoms with Crippen LogP contribution in [0.1, 0.15) is 5.56 Å². The summed E-state index contributed by atoms with van der Waals surface area (Å²) >= 11 is 1.39. The Morgan fingerprint density at radius 3 is 2.86 bits per heavy atom. The average Bonchev–Trinajstić information content (AvgIpc) is 3.17. The lowest BCUT2D eigenvalue weighted by Gasteiger charge is -2.41. The lowest BCUT2D eigenvalue weighted by Crippen LogP contribution is -2.57. The molecule has 0 saturated carbocycles. The summed E-state index contributed by atoms with van der Waals surface area (Å²) < 4.78 is 0. The molecule has 1 saturated heterocycles. The number of fused-ring (bicyclic) bond motifs is 1. The second-order valence-electron chi connectivity index (χ2n) is 6.68. The van der Waals surface area contributed by atoms with Gasteiger partial charge in [0.05, 0.1) is 18.2 Å². The Labute approximate surface area is 165 Å². The van der Waals surface area contributed by atoms with Gasteiger partial charge in [-0.25, -0.2) is 14.8 Å². The molecule has 1 aliphatic heterocycles. The van der Waals surface area contributed by atoms with Crippen molar-refractivity contribution in [1.29, 1.82) is 0 Å². The smallest absolute Gasteiger partial charge is 0.321 e. The molecule has 1 aliphatic rings. The highest BCUT2D eigenvalue weighted by atomic mass is 32.1. The monoisotopic (exact) mass is 399 g/mol. The van der Waals surface area contributed by atoms with E-state index in [1.807, 2.05) is 36.1 Å². The molecule has 3 aromatic rings. The van der Waals surface area contributed by atoms with E-state index in [1.54, 1.807) is 10.4 Å². The number of amides is 2. The van der Waals surface area contributed by atoms with Crippen molar-refractivity contribution in [3.8, 4) is 0 Å². The molecule has 10 heteroatoms. The van der Waals surface area contributed by atoms with E-state index in [0.29, 0.717) is 35.8 Å². The van der Waals surface area contributed by atoms with Crippen molar-refractivity contribution in [2.45, 2.75) is 13.0 Å². The molecule has 4 N–H and O–H groups in total. The van der Waals surface area contributed by atoms with Gasteiger partial charge in [-0.05, 0) is 19.1 Å². The Morgan fingerprint density at radius 2 is 2.11 bits per heavy atom. The molecule has 0 bridgehead atoms. The van der Waals surface area contributed by atoms with Gasteiger partial charge in [-0.15, -0.1) is 11.3 Å². The second kappa shape index (κ2) is 7.56. The molecular formula is C18H21N7O2S. The van der Waals surface area contributed by atoms with Crippen molar-refractivity contribution in [2.24, 2.45) is 0 Å². The van der Waals surface area contributed by atoms with Gasteiger partial charge in [0, 0.05) is 25.3 Å². The Bertz CT molecular complexity index is 991. The van der Waals surface area contributed by atoms with Gasteiger partial charge in [0.15, 0.2) is 10.6 Å². The molecule has 0 radical (unpaired) electrons. The van der Waals surface area contributed by atoms with Crippen molar-refractivity contribution < 1.29 is 9.90 Å². The predicted molar refractivity (Wildman–Crippen MR) is 110 cm³/mol. The number of rotatable bonds is 3. The summed E-state index contributed by atoms with van der Waals surface area (Å²) in [6.45, 7) is 3.24. The van der Waals surface area contributed by atoms with Crippen LogP contribution < -0.4 is 16.0 Å². The van der Waals surface area contributed by atoms with E-state index in [-0.39, 0.29) is 24.6 Å². The van der Waals surface area contributed by atoms with E-state index in [0.717, 1.165) is 11.3 Å². The third kappa shape index (κ3) is 3.56. The lowest BCUT2D eigenvalue weighted by atomic mass is 10.1. The molecular weight excluding hydrogens is 378 g/mol. The zero-order valence-electron chi connectivity index (χ0n) is 15.4.